The summed E-state index contributed by atoms with van der Waals surface area (Å²) in [6.45, 7) is 6.06. The van der Waals surface area contributed by atoms with Crippen LogP contribution in [0.2, 0.25) is 0 Å². The van der Waals surface area contributed by atoms with Crippen molar-refractivity contribution in [3.8, 4) is 5.75 Å². The molecule has 0 saturated carbocycles. The predicted molar refractivity (Wildman–Crippen MR) is 135 cm³/mol. The van der Waals surface area contributed by atoms with Crippen LogP contribution in [0.3, 0.4) is 0 Å². The number of unbranched alkanes of at least 4 members (excludes halogenated alkanes) is 4. The quantitative estimate of drug-likeness (QED) is 0.308. The highest BCUT2D eigenvalue weighted by Crippen LogP contribution is 2.20. The van der Waals surface area contributed by atoms with Crippen molar-refractivity contribution in [3.05, 3.63) is 58.9 Å². The van der Waals surface area contributed by atoms with E-state index >= 15 is 0 Å². The van der Waals surface area contributed by atoms with Crippen LogP contribution in [0.25, 0.3) is 0 Å². The molecular weight excluding hydrogens is 460 g/mol. The number of aryl methyl sites for hydroxylation is 2. The van der Waals surface area contributed by atoms with E-state index in [2.05, 4.69) is 32.1 Å². The van der Waals surface area contributed by atoms with Gasteiger partial charge < -0.3 is 19.7 Å². The van der Waals surface area contributed by atoms with Crippen molar-refractivity contribution in [1.82, 2.24) is 29.9 Å². The van der Waals surface area contributed by atoms with Gasteiger partial charge in [-0.3, -0.25) is 9.48 Å². The van der Waals surface area contributed by atoms with Crippen LogP contribution < -0.4 is 10.1 Å². The molecule has 3 aromatic rings. The molecule has 0 bridgehead atoms. The number of amides is 1. The number of carbonyl (C=O) groups is 2. The molecule has 0 unspecified atom stereocenters. The Morgan fingerprint density at radius 1 is 1.11 bits per heavy atom. The second-order valence-electron chi connectivity index (χ2n) is 8.97. The zero-order valence-electron chi connectivity index (χ0n) is 21.4. The molecule has 0 radical (unpaired) electrons. The highest BCUT2D eigenvalue weighted by atomic mass is 16.5. The van der Waals surface area contributed by atoms with Crippen molar-refractivity contribution in [3.63, 3.8) is 0 Å². The smallest absolute Gasteiger partial charge is 0.335 e. The number of carboxylic acids is 1. The summed E-state index contributed by atoms with van der Waals surface area (Å²) in [4.78, 5) is 27.5. The van der Waals surface area contributed by atoms with E-state index in [1.165, 1.54) is 13.2 Å². The molecule has 1 aromatic carbocycles. The highest BCUT2D eigenvalue weighted by molar-refractivity contribution is 5.88. The molecule has 2 heterocycles. The molecular formula is C26H36N6O4. The lowest BCUT2D eigenvalue weighted by Crippen LogP contribution is -2.25. The predicted octanol–water partition coefficient (Wildman–Crippen LogP) is 3.55. The Kier molecular flexibility index (Phi) is 10.0. The largest absolute Gasteiger partial charge is 0.496 e. The number of methoxy groups -OCH3 is 1. The summed E-state index contributed by atoms with van der Waals surface area (Å²) >= 11 is 0. The van der Waals surface area contributed by atoms with Crippen molar-refractivity contribution in [2.45, 2.75) is 71.9 Å². The van der Waals surface area contributed by atoms with Crippen molar-refractivity contribution < 1.29 is 19.4 Å². The van der Waals surface area contributed by atoms with Crippen molar-refractivity contribution in [2.24, 2.45) is 0 Å². The minimum Gasteiger partial charge on any atom is -0.496 e. The van der Waals surface area contributed by atoms with E-state index in [0.29, 0.717) is 31.7 Å². The number of benzene rings is 1. The van der Waals surface area contributed by atoms with Gasteiger partial charge >= 0.3 is 5.97 Å². The van der Waals surface area contributed by atoms with Crippen molar-refractivity contribution in [2.75, 3.05) is 13.7 Å². The average molecular weight is 497 g/mol. The molecule has 10 heteroatoms. The molecule has 10 nitrogen and oxygen atoms in total. The Labute approximate surface area is 211 Å². The van der Waals surface area contributed by atoms with Gasteiger partial charge in [-0.2, -0.15) is 0 Å². The molecule has 0 saturated heterocycles. The fraction of sp³-hybridized carbons (Fsp3) is 0.500. The molecule has 1 amide bonds. The number of nitrogens with one attached hydrogen (secondary N) is 1. The number of hydrogen-bond acceptors (Lipinski definition) is 6. The minimum atomic E-state index is -0.993. The van der Waals surface area contributed by atoms with Crippen LogP contribution in [0.15, 0.2) is 30.7 Å². The monoisotopic (exact) mass is 496 g/mol. The fourth-order valence-corrected chi connectivity index (χ4v) is 4.00. The molecule has 2 N–H and O–H groups in total. The summed E-state index contributed by atoms with van der Waals surface area (Å²) < 4.78 is 9.25. The summed E-state index contributed by atoms with van der Waals surface area (Å²) in [5.74, 6) is -0.434. The van der Waals surface area contributed by atoms with Gasteiger partial charge in [0.1, 0.15) is 11.4 Å². The van der Waals surface area contributed by atoms with Crippen molar-refractivity contribution in [1.29, 1.82) is 0 Å². The van der Waals surface area contributed by atoms with E-state index in [-0.39, 0.29) is 11.5 Å². The molecule has 36 heavy (non-hydrogen) atoms. The topological polar surface area (TPSA) is 124 Å². The molecule has 0 spiro atoms. The molecule has 3 rings (SSSR count). The molecule has 0 aliphatic rings. The van der Waals surface area contributed by atoms with Crippen LogP contribution in [0.4, 0.5) is 0 Å². The van der Waals surface area contributed by atoms with Crippen LogP contribution in [0.5, 0.6) is 5.75 Å². The maximum Gasteiger partial charge on any atom is 0.335 e. The van der Waals surface area contributed by atoms with Gasteiger partial charge in [0.2, 0.25) is 5.91 Å². The van der Waals surface area contributed by atoms with Gasteiger partial charge in [0, 0.05) is 25.2 Å². The standard InChI is InChI=1S/C26H36N6O4/c1-19-20(2)31(18-28-19)16-23-17-32(30-29-23)14-8-6-4-5-7-9-25(33)27-13-12-21-10-11-22(26(34)35)15-24(21)36-3/h10-11,15,17-18H,4-9,12-14,16H2,1-3H3,(H,27,33)(H,34,35). The molecule has 0 atom stereocenters. The SMILES string of the molecule is COc1cc(C(=O)O)ccc1CCNC(=O)CCCCCCCn1cc(Cn2cnc(C)c2C)nn1. The van der Waals surface area contributed by atoms with E-state index < -0.39 is 5.97 Å². The Morgan fingerprint density at radius 3 is 2.61 bits per heavy atom. The lowest BCUT2D eigenvalue weighted by Gasteiger charge is -2.10. The number of carboxylic acid groups (broad SMARTS) is 1. The summed E-state index contributed by atoms with van der Waals surface area (Å²) in [5.41, 5.74) is 4.16. The average Bonchev–Trinajstić information content (AvgIpc) is 3.44. The van der Waals surface area contributed by atoms with Crippen LogP contribution in [0.1, 0.15) is 71.5 Å². The number of carbonyl (C=O) groups excluding carboxylic acids is 1. The second-order valence-corrected chi connectivity index (χ2v) is 8.97. The van der Waals surface area contributed by atoms with E-state index in [0.717, 1.165) is 61.3 Å². The Bertz CT molecular complexity index is 1150. The Hall–Kier alpha value is -3.69. The van der Waals surface area contributed by atoms with Crippen LogP contribution in [0, 0.1) is 13.8 Å². The number of aromatic carboxylic acids is 1. The zero-order valence-corrected chi connectivity index (χ0v) is 21.4. The van der Waals surface area contributed by atoms with E-state index in [1.54, 1.807) is 12.1 Å². The number of ether oxygens (including phenoxy) is 1. The van der Waals surface area contributed by atoms with Gasteiger partial charge in [-0.1, -0.05) is 30.5 Å². The van der Waals surface area contributed by atoms with E-state index in [9.17, 15) is 9.59 Å². The van der Waals surface area contributed by atoms with Crippen LogP contribution in [-0.2, 0) is 24.3 Å². The normalized spacial score (nSPS) is 11.0. The number of nitrogens with zero attached hydrogens (tertiary/aromatic N) is 5. The first-order valence-electron chi connectivity index (χ1n) is 12.4. The zero-order chi connectivity index (χ0) is 25.9. The van der Waals surface area contributed by atoms with Gasteiger partial charge in [-0.15, -0.1) is 5.10 Å². The number of imidazole rings is 1. The summed E-state index contributed by atoms with van der Waals surface area (Å²) in [6.07, 6.45) is 9.99. The number of rotatable bonds is 15. The molecule has 194 valence electrons. The summed E-state index contributed by atoms with van der Waals surface area (Å²) in [6, 6.07) is 4.79. The lowest BCUT2D eigenvalue weighted by atomic mass is 10.1. The first kappa shape index (κ1) is 26.9. The third-order valence-corrected chi connectivity index (χ3v) is 6.31. The maximum atomic E-state index is 12.1. The van der Waals surface area contributed by atoms with E-state index in [1.807, 2.05) is 24.1 Å². The second kappa shape index (κ2) is 13.4. The van der Waals surface area contributed by atoms with Gasteiger partial charge in [-0.25, -0.2) is 9.78 Å². The fourth-order valence-electron chi connectivity index (χ4n) is 4.00. The van der Waals surface area contributed by atoms with Crippen LogP contribution >= 0.6 is 0 Å². The Morgan fingerprint density at radius 2 is 1.89 bits per heavy atom. The van der Waals surface area contributed by atoms with Gasteiger partial charge in [-0.05, 0) is 50.8 Å². The third kappa shape index (κ3) is 7.93. The Balaban J connectivity index is 1.24. The maximum absolute atomic E-state index is 12.1. The minimum absolute atomic E-state index is 0.0367. The van der Waals surface area contributed by atoms with Gasteiger partial charge in [0.25, 0.3) is 0 Å². The molecule has 0 aliphatic heterocycles. The summed E-state index contributed by atoms with van der Waals surface area (Å²) in [5, 5.41) is 20.5. The first-order valence-corrected chi connectivity index (χ1v) is 12.4. The molecule has 0 fully saturated rings. The third-order valence-electron chi connectivity index (χ3n) is 6.31. The van der Waals surface area contributed by atoms with Crippen molar-refractivity contribution >= 4 is 11.9 Å². The lowest BCUT2D eigenvalue weighted by molar-refractivity contribution is -0.121. The number of aromatic nitrogens is 5. The van der Waals surface area contributed by atoms with E-state index in [4.69, 9.17) is 9.84 Å². The highest BCUT2D eigenvalue weighted by Gasteiger charge is 2.10. The van der Waals surface area contributed by atoms with Gasteiger partial charge in [0.15, 0.2) is 0 Å². The molecule has 2 aromatic heterocycles. The first-order chi connectivity index (χ1) is 17.4. The van der Waals surface area contributed by atoms with Crippen LogP contribution in [-0.4, -0.2) is 55.2 Å². The number of hydrogen-bond donors (Lipinski definition) is 2. The van der Waals surface area contributed by atoms with Gasteiger partial charge in [0.05, 0.1) is 37.4 Å². The molecule has 0 aliphatic carbocycles. The summed E-state index contributed by atoms with van der Waals surface area (Å²) in [7, 11) is 1.51.